The van der Waals surface area contributed by atoms with Gasteiger partial charge in [0, 0.05) is 0 Å². The predicted octanol–water partition coefficient (Wildman–Crippen LogP) is 7.18. The third-order valence-corrected chi connectivity index (χ3v) is 13.8. The Morgan fingerprint density at radius 2 is 0.675 bits per heavy atom. The van der Waals surface area contributed by atoms with Crippen molar-refractivity contribution >= 4 is 106 Å². The van der Waals surface area contributed by atoms with Crippen molar-refractivity contribution in [3.05, 3.63) is 181 Å². The first-order valence-electron chi connectivity index (χ1n) is 25.7. The van der Waals surface area contributed by atoms with Crippen LogP contribution >= 0.6 is 11.6 Å². The van der Waals surface area contributed by atoms with Crippen molar-refractivity contribution in [1.29, 1.82) is 0 Å². The second-order valence-corrected chi connectivity index (χ2v) is 19.4. The fraction of sp³-hybridized carbons (Fsp3) is 0.222. The monoisotopic (exact) mass is 1050 g/mol. The molecule has 0 bridgehead atoms. The minimum absolute atomic E-state index is 0.323. The number of imidazole rings is 6. The zero-order chi connectivity index (χ0) is 53.9. The van der Waals surface area contributed by atoms with E-state index < -0.39 is 28.2 Å². The second-order valence-electron chi connectivity index (χ2n) is 19.1. The summed E-state index contributed by atoms with van der Waals surface area (Å²) in [5.74, 6) is 5.20. The highest BCUT2D eigenvalue weighted by atomic mass is 35.5. The average Bonchev–Trinajstić information content (AvgIpc) is 4.31. The lowest BCUT2D eigenvalue weighted by molar-refractivity contribution is 0.297. The molecule has 6 aromatic heterocycles. The van der Waals surface area contributed by atoms with E-state index in [1.54, 1.807) is 27.3 Å². The maximum absolute atomic E-state index is 10.6. The molecule has 0 radical (unpaired) electrons. The molecule has 5 N–H and O–H groups in total. The Morgan fingerprint density at radius 3 is 1.05 bits per heavy atom. The minimum atomic E-state index is -0.716. The summed E-state index contributed by atoms with van der Waals surface area (Å²) >= 11 is 6.09. The number of fused-ring (bicyclic) bond motifs is 6. The molecule has 0 saturated heterocycles. The van der Waals surface area contributed by atoms with Gasteiger partial charge in [0.05, 0.1) is 105 Å². The van der Waals surface area contributed by atoms with Crippen LogP contribution in [0.2, 0.25) is 27.3 Å². The largest absolute Gasteiger partial charge is 0.432 e. The quantitative estimate of drug-likeness (QED) is 0.0512. The smallest absolute Gasteiger partial charge is 0.415 e. The molecular formula is C54H59B4ClN14O4. The van der Waals surface area contributed by atoms with Crippen LogP contribution in [-0.2, 0) is 38.6 Å². The second kappa shape index (κ2) is 23.0. The van der Waals surface area contributed by atoms with Crippen LogP contribution < -0.4 is 5.32 Å². The number of nitrogens with one attached hydrogen (secondary N) is 1. The lowest BCUT2D eigenvalue weighted by atomic mass is 9.87. The Balaban J connectivity index is 0.000000146. The number of hydrogen-bond acceptors (Lipinski definition) is 12. The van der Waals surface area contributed by atoms with Gasteiger partial charge in [0.25, 0.3) is 0 Å². The first-order chi connectivity index (χ1) is 37.3. The summed E-state index contributed by atoms with van der Waals surface area (Å²) in [5.41, 5.74) is 11.0. The van der Waals surface area contributed by atoms with Crippen LogP contribution in [0, 0.1) is 0 Å². The van der Waals surface area contributed by atoms with Gasteiger partial charge in [0.15, 0.2) is 0 Å². The molecule has 12 aromatic rings. The van der Waals surface area contributed by atoms with E-state index in [1.807, 2.05) is 172 Å². The summed E-state index contributed by atoms with van der Waals surface area (Å²) in [7, 11) is 1.27. The Hall–Kier alpha value is -7.55. The number of para-hydroxylation sites is 12. The predicted molar refractivity (Wildman–Crippen MR) is 311 cm³/mol. The topological polar surface area (TPSA) is 203 Å². The van der Waals surface area contributed by atoms with Crippen LogP contribution in [0.15, 0.2) is 146 Å². The summed E-state index contributed by atoms with van der Waals surface area (Å²) in [5, 5.41) is 44.1. The van der Waals surface area contributed by atoms with Crippen molar-refractivity contribution in [3.63, 3.8) is 0 Å². The standard InChI is InChI=1S/C27H29B2N7O2.C17H16BClN4O.C10H14BN3O/c1-28(37)35-23-14-8-5-11-20(23)31-26(35)17-33(3)16-25-30-19-10-4-7-13-22(19)34(25)18-27-32-21-12-6-9-15-24(21)36(27)29(2)38;1-18(24)23-15-9-5-3-7-13(15)21-17(23)11-22-14-8-4-2-6-12(14)20-16(22)10-19;1-11(15)14-9-6-4-3-5-8(9)13-10(14)7-12-2/h4-15,37-38H,16-18H2,1-3H3;2-9,24H,10-11H2,1H3;3-6,12,15H,7H2,1-2H3. The summed E-state index contributed by atoms with van der Waals surface area (Å²) in [4.78, 5) is 30.5. The van der Waals surface area contributed by atoms with Crippen LogP contribution in [-0.4, -0.2) is 124 Å². The Morgan fingerprint density at radius 1 is 0.403 bits per heavy atom. The Labute approximate surface area is 451 Å². The molecule has 0 saturated carbocycles. The van der Waals surface area contributed by atoms with E-state index in [4.69, 9.17) is 31.5 Å². The fourth-order valence-electron chi connectivity index (χ4n) is 10.3. The average molecular weight is 1050 g/mol. The molecule has 0 aliphatic heterocycles. The molecule has 0 amide bonds. The molecule has 0 spiro atoms. The van der Waals surface area contributed by atoms with Gasteiger partial charge in [-0.3, -0.25) is 4.90 Å². The summed E-state index contributed by atoms with van der Waals surface area (Å²) < 4.78 is 11.7. The molecular weight excluding hydrogens is 987 g/mol. The molecule has 0 aliphatic rings. The van der Waals surface area contributed by atoms with Crippen molar-refractivity contribution in [2.45, 2.75) is 65.9 Å². The molecule has 18 nitrogen and oxygen atoms in total. The number of nitrogens with zero attached hydrogens (tertiary/aromatic N) is 13. The maximum atomic E-state index is 10.6. The van der Waals surface area contributed by atoms with Crippen LogP contribution in [0.25, 0.3) is 66.2 Å². The van der Waals surface area contributed by atoms with Crippen LogP contribution in [0.1, 0.15) is 34.9 Å². The highest BCUT2D eigenvalue weighted by molar-refractivity contribution is 6.49. The number of alkyl halides is 1. The van der Waals surface area contributed by atoms with Gasteiger partial charge < -0.3 is 52.5 Å². The maximum Gasteiger partial charge on any atom is 0.415 e. The Bertz CT molecular complexity index is 4000. The van der Waals surface area contributed by atoms with E-state index in [0.717, 1.165) is 101 Å². The van der Waals surface area contributed by atoms with E-state index in [9.17, 15) is 20.1 Å². The van der Waals surface area contributed by atoms with Crippen LogP contribution in [0.4, 0.5) is 0 Å². The molecule has 0 atom stereocenters. The van der Waals surface area contributed by atoms with E-state index >= 15 is 0 Å². The molecule has 0 fully saturated rings. The van der Waals surface area contributed by atoms with E-state index in [0.29, 0.717) is 38.6 Å². The zero-order valence-corrected chi connectivity index (χ0v) is 44.6. The number of rotatable bonds is 15. The van der Waals surface area contributed by atoms with Gasteiger partial charge in [0.1, 0.15) is 34.9 Å². The number of benzene rings is 6. The van der Waals surface area contributed by atoms with Gasteiger partial charge in [-0.25, -0.2) is 29.9 Å². The third kappa shape index (κ3) is 10.8. The van der Waals surface area contributed by atoms with Gasteiger partial charge in [-0.1, -0.05) is 72.8 Å². The highest BCUT2D eigenvalue weighted by Crippen LogP contribution is 2.26. The van der Waals surface area contributed by atoms with Crippen molar-refractivity contribution in [2.75, 3.05) is 14.1 Å². The van der Waals surface area contributed by atoms with Crippen molar-refractivity contribution in [2.24, 2.45) is 0 Å². The van der Waals surface area contributed by atoms with Gasteiger partial charge in [-0.15, -0.1) is 11.6 Å². The molecule has 77 heavy (non-hydrogen) atoms. The molecule has 23 heteroatoms. The molecule has 0 unspecified atom stereocenters. The van der Waals surface area contributed by atoms with E-state index in [2.05, 4.69) is 35.4 Å². The minimum Gasteiger partial charge on any atom is -0.432 e. The third-order valence-electron chi connectivity index (χ3n) is 13.5. The fourth-order valence-corrected chi connectivity index (χ4v) is 10.5. The normalized spacial score (nSPS) is 11.5. The van der Waals surface area contributed by atoms with E-state index in [1.165, 1.54) is 0 Å². The summed E-state index contributed by atoms with van der Waals surface area (Å²) in [6.07, 6.45) is 0. The molecule has 0 aliphatic carbocycles. The highest BCUT2D eigenvalue weighted by Gasteiger charge is 2.24. The van der Waals surface area contributed by atoms with E-state index in [-0.39, 0.29) is 0 Å². The van der Waals surface area contributed by atoms with Crippen LogP contribution in [0.5, 0.6) is 0 Å². The number of aromatic nitrogens is 12. The first-order valence-corrected chi connectivity index (χ1v) is 26.2. The number of hydrogen-bond donors (Lipinski definition) is 5. The van der Waals surface area contributed by atoms with Crippen LogP contribution in [0.3, 0.4) is 0 Å². The van der Waals surface area contributed by atoms with Gasteiger partial charge in [-0.2, -0.15) is 0 Å². The van der Waals surface area contributed by atoms with Crippen molar-refractivity contribution in [1.82, 2.24) is 67.2 Å². The van der Waals surface area contributed by atoms with Gasteiger partial charge >= 0.3 is 28.2 Å². The number of halogens is 1. The summed E-state index contributed by atoms with van der Waals surface area (Å²) in [6.45, 7) is 9.72. The first kappa shape index (κ1) is 52.9. The lowest BCUT2D eigenvalue weighted by Gasteiger charge is -2.19. The lowest BCUT2D eigenvalue weighted by Crippen LogP contribution is -2.28. The molecule has 6 heterocycles. The molecule has 388 valence electrons. The Kier molecular flexibility index (Phi) is 15.8. The SMILES string of the molecule is CB(O)n1c(CN(C)Cc2nc3ccccc3n2Cc2nc3ccccc3n2B(C)O)nc2ccccc21.CB(O)n1c(Cn2c(CCl)nc3ccccc32)nc2ccccc21.CNCc1nc2ccccc2n1B(C)O. The molecule has 6 aromatic carbocycles. The van der Waals surface area contributed by atoms with Crippen molar-refractivity contribution in [3.8, 4) is 0 Å². The van der Waals surface area contributed by atoms with Gasteiger partial charge in [0.2, 0.25) is 0 Å². The summed E-state index contributed by atoms with van der Waals surface area (Å²) in [6, 6.07) is 47.4. The zero-order valence-electron chi connectivity index (χ0n) is 43.9. The van der Waals surface area contributed by atoms with Gasteiger partial charge in [-0.05, 0) is 114 Å². The molecule has 12 rings (SSSR count). The van der Waals surface area contributed by atoms with Crippen molar-refractivity contribution < 1.29 is 20.1 Å².